The molecule has 3 saturated carbocycles. The van der Waals surface area contributed by atoms with Gasteiger partial charge in [-0.1, -0.05) is 53.4 Å². The SMILES string of the molecule is CC1(C)CC(NC2CCC3CCCCC3C2)CC(C)(C)C1. The number of rotatable bonds is 2. The Morgan fingerprint density at radius 3 is 2.00 bits per heavy atom. The fourth-order valence-corrected chi connectivity index (χ4v) is 6.32. The van der Waals surface area contributed by atoms with Gasteiger partial charge in [0.1, 0.15) is 0 Å². The number of nitrogens with one attached hydrogen (secondary N) is 1. The Kier molecular flexibility index (Phi) is 4.43. The zero-order chi connectivity index (χ0) is 15.1. The lowest BCUT2D eigenvalue weighted by Gasteiger charge is -2.47. The lowest BCUT2D eigenvalue weighted by Crippen LogP contribution is -2.49. The average Bonchev–Trinajstić information content (AvgIpc) is 2.34. The van der Waals surface area contributed by atoms with E-state index in [1.165, 1.54) is 64.2 Å². The van der Waals surface area contributed by atoms with Gasteiger partial charge in [-0.15, -0.1) is 0 Å². The van der Waals surface area contributed by atoms with E-state index in [-0.39, 0.29) is 0 Å². The van der Waals surface area contributed by atoms with Crippen LogP contribution in [0.3, 0.4) is 0 Å². The van der Waals surface area contributed by atoms with E-state index in [0.29, 0.717) is 10.8 Å². The molecule has 0 aromatic rings. The second kappa shape index (κ2) is 5.87. The Morgan fingerprint density at radius 2 is 1.33 bits per heavy atom. The van der Waals surface area contributed by atoms with Crippen molar-refractivity contribution in [2.75, 3.05) is 0 Å². The minimum atomic E-state index is 0.515. The molecular weight excluding hydrogens is 254 g/mol. The van der Waals surface area contributed by atoms with Crippen LogP contribution in [-0.2, 0) is 0 Å². The molecule has 3 aliphatic carbocycles. The van der Waals surface area contributed by atoms with Crippen molar-refractivity contribution in [1.82, 2.24) is 5.32 Å². The van der Waals surface area contributed by atoms with Crippen LogP contribution >= 0.6 is 0 Å². The summed E-state index contributed by atoms with van der Waals surface area (Å²) in [5.41, 5.74) is 1.03. The fourth-order valence-electron chi connectivity index (χ4n) is 6.32. The molecule has 0 radical (unpaired) electrons. The molecule has 122 valence electrons. The van der Waals surface area contributed by atoms with Gasteiger partial charge in [0.2, 0.25) is 0 Å². The molecule has 0 aromatic carbocycles. The summed E-state index contributed by atoms with van der Waals surface area (Å²) in [5.74, 6) is 2.13. The van der Waals surface area contributed by atoms with Crippen molar-refractivity contribution in [2.45, 2.75) is 104 Å². The molecule has 3 aliphatic rings. The first-order chi connectivity index (χ1) is 9.83. The minimum Gasteiger partial charge on any atom is -0.311 e. The third-order valence-corrected chi connectivity index (χ3v) is 6.57. The predicted octanol–water partition coefficient (Wildman–Crippen LogP) is 5.54. The lowest BCUT2D eigenvalue weighted by molar-refractivity contribution is 0.0673. The van der Waals surface area contributed by atoms with Crippen molar-refractivity contribution in [3.63, 3.8) is 0 Å². The molecule has 21 heavy (non-hydrogen) atoms. The summed E-state index contributed by atoms with van der Waals surface area (Å²) in [6, 6.07) is 1.58. The molecule has 0 heterocycles. The number of fused-ring (bicyclic) bond motifs is 1. The number of hydrogen-bond acceptors (Lipinski definition) is 1. The van der Waals surface area contributed by atoms with E-state index in [9.17, 15) is 0 Å². The van der Waals surface area contributed by atoms with Crippen LogP contribution in [0.5, 0.6) is 0 Å². The van der Waals surface area contributed by atoms with Gasteiger partial charge in [-0.3, -0.25) is 0 Å². The second-order valence-corrected chi connectivity index (χ2v) is 10.1. The van der Waals surface area contributed by atoms with E-state index in [0.717, 1.165) is 23.9 Å². The van der Waals surface area contributed by atoms with Crippen molar-refractivity contribution >= 4 is 0 Å². The third kappa shape index (κ3) is 4.03. The van der Waals surface area contributed by atoms with Gasteiger partial charge < -0.3 is 5.32 Å². The molecule has 1 N–H and O–H groups in total. The maximum Gasteiger partial charge on any atom is 0.00798 e. The highest BCUT2D eigenvalue weighted by molar-refractivity contribution is 4.95. The third-order valence-electron chi connectivity index (χ3n) is 6.57. The molecule has 3 fully saturated rings. The Morgan fingerprint density at radius 1 is 0.714 bits per heavy atom. The van der Waals surface area contributed by atoms with E-state index < -0.39 is 0 Å². The lowest BCUT2D eigenvalue weighted by atomic mass is 9.63. The normalized spacial score (nSPS) is 39.7. The van der Waals surface area contributed by atoms with Crippen molar-refractivity contribution in [3.05, 3.63) is 0 Å². The highest BCUT2D eigenvalue weighted by atomic mass is 15.0. The molecule has 0 amide bonds. The van der Waals surface area contributed by atoms with Gasteiger partial charge in [-0.2, -0.15) is 0 Å². The quantitative estimate of drug-likeness (QED) is 0.704. The molecule has 1 nitrogen and oxygen atoms in total. The van der Waals surface area contributed by atoms with Crippen LogP contribution in [0.2, 0.25) is 0 Å². The first-order valence-corrected chi connectivity index (χ1v) is 9.59. The summed E-state index contributed by atoms with van der Waals surface area (Å²) < 4.78 is 0. The van der Waals surface area contributed by atoms with Gasteiger partial charge in [0, 0.05) is 12.1 Å². The van der Waals surface area contributed by atoms with Gasteiger partial charge in [-0.05, 0) is 61.2 Å². The van der Waals surface area contributed by atoms with Crippen molar-refractivity contribution in [2.24, 2.45) is 22.7 Å². The van der Waals surface area contributed by atoms with Crippen molar-refractivity contribution in [1.29, 1.82) is 0 Å². The van der Waals surface area contributed by atoms with Crippen LogP contribution in [-0.4, -0.2) is 12.1 Å². The first kappa shape index (κ1) is 15.8. The number of hydrogen-bond donors (Lipinski definition) is 1. The maximum absolute atomic E-state index is 4.10. The van der Waals surface area contributed by atoms with Crippen LogP contribution in [0.1, 0.15) is 91.9 Å². The predicted molar refractivity (Wildman–Crippen MR) is 91.4 cm³/mol. The summed E-state index contributed by atoms with van der Waals surface area (Å²) in [6.45, 7) is 9.89. The molecule has 0 bridgehead atoms. The molecule has 1 heteroatoms. The fraction of sp³-hybridized carbons (Fsp3) is 1.00. The Bertz CT molecular complexity index is 341. The second-order valence-electron chi connectivity index (χ2n) is 10.1. The molecule has 3 atom stereocenters. The van der Waals surface area contributed by atoms with E-state index in [1.54, 1.807) is 0 Å². The van der Waals surface area contributed by atoms with Crippen molar-refractivity contribution in [3.8, 4) is 0 Å². The standard InChI is InChI=1S/C20H37N/c1-19(2)12-18(13-20(3,4)14-19)21-17-10-9-15-7-5-6-8-16(15)11-17/h15-18,21H,5-14H2,1-4H3. The van der Waals surface area contributed by atoms with Gasteiger partial charge in [0.05, 0.1) is 0 Å². The molecule has 3 rings (SSSR count). The topological polar surface area (TPSA) is 12.0 Å². The van der Waals surface area contributed by atoms with Gasteiger partial charge in [-0.25, -0.2) is 0 Å². The Hall–Kier alpha value is -0.0400. The summed E-state index contributed by atoms with van der Waals surface area (Å²) in [4.78, 5) is 0. The van der Waals surface area contributed by atoms with Gasteiger partial charge >= 0.3 is 0 Å². The Labute approximate surface area is 132 Å². The van der Waals surface area contributed by atoms with E-state index in [4.69, 9.17) is 0 Å². The highest BCUT2D eigenvalue weighted by Gasteiger charge is 2.40. The molecule has 3 unspecified atom stereocenters. The van der Waals surface area contributed by atoms with Crippen LogP contribution < -0.4 is 5.32 Å². The first-order valence-electron chi connectivity index (χ1n) is 9.59. The average molecular weight is 292 g/mol. The van der Waals surface area contributed by atoms with Crippen LogP contribution in [0.25, 0.3) is 0 Å². The molecule has 0 spiro atoms. The van der Waals surface area contributed by atoms with Crippen molar-refractivity contribution < 1.29 is 0 Å². The maximum atomic E-state index is 4.10. The van der Waals surface area contributed by atoms with Crippen LogP contribution in [0.4, 0.5) is 0 Å². The van der Waals surface area contributed by atoms with Crippen LogP contribution in [0.15, 0.2) is 0 Å². The zero-order valence-electron chi connectivity index (χ0n) is 14.9. The van der Waals surface area contributed by atoms with Gasteiger partial charge in [0.15, 0.2) is 0 Å². The Balaban J connectivity index is 1.56. The van der Waals surface area contributed by atoms with E-state index in [1.807, 2.05) is 0 Å². The summed E-state index contributed by atoms with van der Waals surface area (Å²) in [5, 5.41) is 4.10. The molecule has 0 aromatic heterocycles. The molecular formula is C20H37N. The monoisotopic (exact) mass is 291 g/mol. The van der Waals surface area contributed by atoms with Crippen LogP contribution in [0, 0.1) is 22.7 Å². The smallest absolute Gasteiger partial charge is 0.00798 e. The molecule has 0 aliphatic heterocycles. The summed E-state index contributed by atoms with van der Waals surface area (Å²) in [6.07, 6.45) is 14.6. The highest BCUT2D eigenvalue weighted by Crippen LogP contribution is 2.46. The van der Waals surface area contributed by atoms with Gasteiger partial charge in [0.25, 0.3) is 0 Å². The zero-order valence-corrected chi connectivity index (χ0v) is 14.9. The largest absolute Gasteiger partial charge is 0.311 e. The summed E-state index contributed by atoms with van der Waals surface area (Å²) >= 11 is 0. The molecule has 0 saturated heterocycles. The minimum absolute atomic E-state index is 0.515. The van der Waals surface area contributed by atoms with E-state index >= 15 is 0 Å². The van der Waals surface area contributed by atoms with E-state index in [2.05, 4.69) is 33.0 Å². The summed E-state index contributed by atoms with van der Waals surface area (Å²) in [7, 11) is 0.